The number of carbonyl (C=O) groups is 1. The summed E-state index contributed by atoms with van der Waals surface area (Å²) in [7, 11) is 0. The molecule has 3 unspecified atom stereocenters. The fourth-order valence-electron chi connectivity index (χ4n) is 1.87. The monoisotopic (exact) mass is 214 g/mol. The molecular formula is C11H22N2O2. The molecule has 4 nitrogen and oxygen atoms in total. The summed E-state index contributed by atoms with van der Waals surface area (Å²) in [5.74, 6) is 0.329. The highest BCUT2D eigenvalue weighted by molar-refractivity contribution is 5.80. The molecule has 1 amide bonds. The van der Waals surface area contributed by atoms with E-state index in [1.165, 1.54) is 0 Å². The van der Waals surface area contributed by atoms with Crippen LogP contribution in [0.1, 0.15) is 27.2 Å². The second kappa shape index (κ2) is 5.47. The van der Waals surface area contributed by atoms with Crippen molar-refractivity contribution in [3.63, 3.8) is 0 Å². The lowest BCUT2D eigenvalue weighted by Crippen LogP contribution is -2.46. The number of nitrogens with two attached hydrogens (primary N) is 1. The average molecular weight is 214 g/mol. The number of ether oxygens (including phenoxy) is 1. The van der Waals surface area contributed by atoms with Crippen LogP contribution in [0, 0.1) is 11.8 Å². The summed E-state index contributed by atoms with van der Waals surface area (Å²) in [6.07, 6.45) is 0.951. The Labute approximate surface area is 91.5 Å². The van der Waals surface area contributed by atoms with Crippen LogP contribution in [0.5, 0.6) is 0 Å². The Hall–Kier alpha value is -0.610. The molecule has 1 rings (SSSR count). The molecule has 1 fully saturated rings. The van der Waals surface area contributed by atoms with Crippen molar-refractivity contribution >= 4 is 5.91 Å². The van der Waals surface area contributed by atoms with E-state index in [1.54, 1.807) is 0 Å². The van der Waals surface area contributed by atoms with Crippen LogP contribution >= 0.6 is 0 Å². The normalized spacial score (nSPS) is 28.1. The first-order valence-electron chi connectivity index (χ1n) is 5.70. The molecule has 88 valence electrons. The molecule has 0 aromatic carbocycles. The predicted octanol–water partition coefficient (Wildman–Crippen LogP) is 0.511. The Morgan fingerprint density at radius 1 is 1.53 bits per heavy atom. The number of hydrogen-bond donors (Lipinski definition) is 2. The van der Waals surface area contributed by atoms with Crippen molar-refractivity contribution in [2.75, 3.05) is 13.2 Å². The Morgan fingerprint density at radius 3 is 2.60 bits per heavy atom. The van der Waals surface area contributed by atoms with Gasteiger partial charge in [0.2, 0.25) is 5.91 Å². The maximum Gasteiger partial charge on any atom is 0.227 e. The smallest absolute Gasteiger partial charge is 0.227 e. The maximum absolute atomic E-state index is 11.9. The third-order valence-electron chi connectivity index (χ3n) is 3.03. The molecule has 1 aliphatic rings. The van der Waals surface area contributed by atoms with Crippen molar-refractivity contribution in [3.8, 4) is 0 Å². The highest BCUT2D eigenvalue weighted by Gasteiger charge is 2.32. The first-order chi connectivity index (χ1) is 7.06. The molecule has 0 aromatic heterocycles. The second-order valence-electron chi connectivity index (χ2n) is 4.58. The van der Waals surface area contributed by atoms with E-state index in [1.807, 2.05) is 0 Å². The topological polar surface area (TPSA) is 64.3 Å². The van der Waals surface area contributed by atoms with Gasteiger partial charge in [-0.15, -0.1) is 0 Å². The van der Waals surface area contributed by atoms with Crippen LogP contribution in [0.3, 0.4) is 0 Å². The number of carbonyl (C=O) groups excluding carboxylic acids is 1. The molecule has 15 heavy (non-hydrogen) atoms. The molecule has 0 aromatic rings. The molecule has 1 heterocycles. The first-order valence-corrected chi connectivity index (χ1v) is 5.70. The second-order valence-corrected chi connectivity index (χ2v) is 4.58. The van der Waals surface area contributed by atoms with E-state index in [0.717, 1.165) is 6.42 Å². The van der Waals surface area contributed by atoms with Gasteiger partial charge in [0.1, 0.15) is 0 Å². The summed E-state index contributed by atoms with van der Waals surface area (Å²) in [6.45, 7) is 7.26. The van der Waals surface area contributed by atoms with E-state index in [0.29, 0.717) is 19.1 Å². The van der Waals surface area contributed by atoms with E-state index in [-0.39, 0.29) is 23.9 Å². The predicted molar refractivity (Wildman–Crippen MR) is 59.3 cm³/mol. The van der Waals surface area contributed by atoms with Gasteiger partial charge in [0.05, 0.1) is 19.1 Å². The lowest BCUT2D eigenvalue weighted by atomic mass is 9.98. The quantitative estimate of drug-likeness (QED) is 0.716. The molecule has 3 N–H and O–H groups in total. The summed E-state index contributed by atoms with van der Waals surface area (Å²) in [4.78, 5) is 11.9. The van der Waals surface area contributed by atoms with Gasteiger partial charge in [0.25, 0.3) is 0 Å². The lowest BCUT2D eigenvalue weighted by Gasteiger charge is -2.23. The molecule has 0 bridgehead atoms. The molecule has 0 aliphatic carbocycles. The van der Waals surface area contributed by atoms with Crippen LogP contribution in [-0.4, -0.2) is 31.2 Å². The van der Waals surface area contributed by atoms with Crippen LogP contribution in [0.2, 0.25) is 0 Å². The van der Waals surface area contributed by atoms with E-state index >= 15 is 0 Å². The molecule has 4 heteroatoms. The number of rotatable bonds is 4. The Balaban J connectivity index is 2.46. The van der Waals surface area contributed by atoms with Gasteiger partial charge in [-0.05, 0) is 12.3 Å². The van der Waals surface area contributed by atoms with Crippen molar-refractivity contribution in [1.82, 2.24) is 5.32 Å². The minimum absolute atomic E-state index is 0.0422. The van der Waals surface area contributed by atoms with E-state index in [4.69, 9.17) is 10.5 Å². The van der Waals surface area contributed by atoms with Crippen LogP contribution in [0.15, 0.2) is 0 Å². The SMILES string of the molecule is CCC(NC(=O)C1COCC1N)C(C)C. The summed E-state index contributed by atoms with van der Waals surface area (Å²) < 4.78 is 5.18. The largest absolute Gasteiger partial charge is 0.379 e. The third-order valence-corrected chi connectivity index (χ3v) is 3.03. The number of hydrogen-bond acceptors (Lipinski definition) is 3. The first kappa shape index (κ1) is 12.5. The molecule has 0 spiro atoms. The standard InChI is InChI=1S/C11H22N2O2/c1-4-10(7(2)3)13-11(14)8-5-15-6-9(8)12/h7-10H,4-6,12H2,1-3H3,(H,13,14). The molecule has 1 saturated heterocycles. The Morgan fingerprint density at radius 2 is 2.20 bits per heavy atom. The highest BCUT2D eigenvalue weighted by atomic mass is 16.5. The third kappa shape index (κ3) is 3.18. The Kier molecular flexibility index (Phi) is 4.54. The Bertz CT molecular complexity index is 219. The summed E-state index contributed by atoms with van der Waals surface area (Å²) in [6, 6.07) is 0.0972. The van der Waals surface area contributed by atoms with Crippen LogP contribution in [0.25, 0.3) is 0 Å². The minimum Gasteiger partial charge on any atom is -0.379 e. The zero-order valence-corrected chi connectivity index (χ0v) is 9.82. The van der Waals surface area contributed by atoms with Gasteiger partial charge in [-0.25, -0.2) is 0 Å². The molecule has 0 saturated carbocycles. The van der Waals surface area contributed by atoms with Crippen LogP contribution in [-0.2, 0) is 9.53 Å². The summed E-state index contributed by atoms with van der Waals surface area (Å²) in [5.41, 5.74) is 5.79. The van der Waals surface area contributed by atoms with Crippen molar-refractivity contribution in [2.45, 2.75) is 39.3 Å². The summed E-state index contributed by atoms with van der Waals surface area (Å²) in [5, 5.41) is 3.04. The van der Waals surface area contributed by atoms with Gasteiger partial charge in [-0.3, -0.25) is 4.79 Å². The fourth-order valence-corrected chi connectivity index (χ4v) is 1.87. The number of nitrogens with one attached hydrogen (secondary N) is 1. The highest BCUT2D eigenvalue weighted by Crippen LogP contribution is 2.13. The van der Waals surface area contributed by atoms with E-state index < -0.39 is 0 Å². The van der Waals surface area contributed by atoms with Gasteiger partial charge < -0.3 is 15.8 Å². The summed E-state index contributed by atoms with van der Waals surface area (Å²) >= 11 is 0. The van der Waals surface area contributed by atoms with Crippen molar-refractivity contribution < 1.29 is 9.53 Å². The van der Waals surface area contributed by atoms with Gasteiger partial charge in [0.15, 0.2) is 0 Å². The van der Waals surface area contributed by atoms with Crippen molar-refractivity contribution in [1.29, 1.82) is 0 Å². The minimum atomic E-state index is -0.169. The van der Waals surface area contributed by atoms with Gasteiger partial charge in [-0.1, -0.05) is 20.8 Å². The van der Waals surface area contributed by atoms with E-state index in [2.05, 4.69) is 26.1 Å². The van der Waals surface area contributed by atoms with Crippen molar-refractivity contribution in [3.05, 3.63) is 0 Å². The number of amides is 1. The molecule has 3 atom stereocenters. The maximum atomic E-state index is 11.9. The van der Waals surface area contributed by atoms with Gasteiger partial charge >= 0.3 is 0 Å². The molecular weight excluding hydrogens is 192 g/mol. The van der Waals surface area contributed by atoms with Crippen LogP contribution in [0.4, 0.5) is 0 Å². The molecule has 0 radical (unpaired) electrons. The zero-order chi connectivity index (χ0) is 11.4. The molecule has 1 aliphatic heterocycles. The van der Waals surface area contributed by atoms with Crippen molar-refractivity contribution in [2.24, 2.45) is 17.6 Å². The van der Waals surface area contributed by atoms with E-state index in [9.17, 15) is 4.79 Å². The average Bonchev–Trinajstić information content (AvgIpc) is 2.60. The van der Waals surface area contributed by atoms with Gasteiger partial charge in [0, 0.05) is 12.1 Å². The van der Waals surface area contributed by atoms with Gasteiger partial charge in [-0.2, -0.15) is 0 Å². The zero-order valence-electron chi connectivity index (χ0n) is 9.82. The van der Waals surface area contributed by atoms with Crippen LogP contribution < -0.4 is 11.1 Å². The fraction of sp³-hybridized carbons (Fsp3) is 0.909. The lowest BCUT2D eigenvalue weighted by molar-refractivity contribution is -0.126.